The molecule has 0 aromatic carbocycles. The number of carbonyl (C=O) groups is 3. The van der Waals surface area contributed by atoms with Crippen molar-refractivity contribution in [2.45, 2.75) is 18.4 Å². The second kappa shape index (κ2) is 4.56. The second-order valence-electron chi connectivity index (χ2n) is 4.30. The molecule has 2 fully saturated rings. The largest absolute Gasteiger partial charge is 0.342 e. The molecule has 6 nitrogen and oxygen atoms in total. The van der Waals surface area contributed by atoms with Crippen molar-refractivity contribution < 1.29 is 14.4 Å². The van der Waals surface area contributed by atoms with Crippen LogP contribution in [0.3, 0.4) is 0 Å². The number of likely N-dealkylation sites (tertiary alicyclic amines) is 1. The highest BCUT2D eigenvalue weighted by Gasteiger charge is 2.48. The molecule has 0 aromatic rings. The SMILES string of the molecule is CSCC(=O)N1CCC2(CC1)NC(=O)NC2=O. The van der Waals surface area contributed by atoms with E-state index in [-0.39, 0.29) is 11.8 Å². The van der Waals surface area contributed by atoms with Gasteiger partial charge < -0.3 is 10.2 Å². The molecule has 0 aliphatic carbocycles. The van der Waals surface area contributed by atoms with Crippen LogP contribution in [-0.4, -0.2) is 53.4 Å². The van der Waals surface area contributed by atoms with Gasteiger partial charge in [0.15, 0.2) is 0 Å². The van der Waals surface area contributed by atoms with Crippen molar-refractivity contribution in [3.63, 3.8) is 0 Å². The summed E-state index contributed by atoms with van der Waals surface area (Å²) >= 11 is 1.49. The molecule has 17 heavy (non-hydrogen) atoms. The van der Waals surface area contributed by atoms with Gasteiger partial charge in [-0.2, -0.15) is 11.8 Å². The molecule has 0 bridgehead atoms. The van der Waals surface area contributed by atoms with E-state index in [0.29, 0.717) is 31.7 Å². The molecule has 2 saturated heterocycles. The minimum atomic E-state index is -0.785. The van der Waals surface area contributed by atoms with Gasteiger partial charge in [0.1, 0.15) is 5.54 Å². The van der Waals surface area contributed by atoms with Gasteiger partial charge in [-0.05, 0) is 19.1 Å². The van der Waals surface area contributed by atoms with Crippen molar-refractivity contribution in [2.75, 3.05) is 25.1 Å². The molecule has 0 radical (unpaired) electrons. The van der Waals surface area contributed by atoms with Gasteiger partial charge in [0.2, 0.25) is 5.91 Å². The Hall–Kier alpha value is -1.24. The molecule has 0 saturated carbocycles. The van der Waals surface area contributed by atoms with Crippen molar-refractivity contribution >= 4 is 29.6 Å². The summed E-state index contributed by atoms with van der Waals surface area (Å²) in [6.07, 6.45) is 2.86. The van der Waals surface area contributed by atoms with Crippen LogP contribution in [0.5, 0.6) is 0 Å². The Kier molecular flexibility index (Phi) is 3.28. The van der Waals surface area contributed by atoms with E-state index in [0.717, 1.165) is 0 Å². The van der Waals surface area contributed by atoms with Crippen LogP contribution < -0.4 is 10.6 Å². The van der Waals surface area contributed by atoms with E-state index >= 15 is 0 Å². The number of amides is 4. The van der Waals surface area contributed by atoms with E-state index in [4.69, 9.17) is 0 Å². The summed E-state index contributed by atoms with van der Waals surface area (Å²) in [6.45, 7) is 1.04. The summed E-state index contributed by atoms with van der Waals surface area (Å²) in [5.41, 5.74) is -0.785. The zero-order valence-electron chi connectivity index (χ0n) is 9.62. The van der Waals surface area contributed by atoms with E-state index in [2.05, 4.69) is 10.6 Å². The summed E-state index contributed by atoms with van der Waals surface area (Å²) in [4.78, 5) is 36.2. The fraction of sp³-hybridized carbons (Fsp3) is 0.700. The normalized spacial score (nSPS) is 22.5. The molecule has 2 rings (SSSR count). The number of nitrogens with zero attached hydrogens (tertiary/aromatic N) is 1. The molecule has 0 unspecified atom stereocenters. The van der Waals surface area contributed by atoms with Crippen molar-refractivity contribution in [1.82, 2.24) is 15.5 Å². The Morgan fingerprint density at radius 2 is 2.06 bits per heavy atom. The lowest BCUT2D eigenvalue weighted by Gasteiger charge is -2.36. The molecule has 0 aromatic heterocycles. The number of imide groups is 1. The lowest BCUT2D eigenvalue weighted by Crippen LogP contribution is -2.56. The zero-order chi connectivity index (χ0) is 12.5. The van der Waals surface area contributed by atoms with Gasteiger partial charge in [-0.25, -0.2) is 4.79 Å². The fourth-order valence-corrected chi connectivity index (χ4v) is 2.66. The van der Waals surface area contributed by atoms with Crippen LogP contribution in [0.15, 0.2) is 0 Å². The number of hydrogen-bond acceptors (Lipinski definition) is 4. The molecule has 7 heteroatoms. The lowest BCUT2D eigenvalue weighted by atomic mass is 9.88. The molecule has 2 N–H and O–H groups in total. The fourth-order valence-electron chi connectivity index (χ4n) is 2.23. The number of piperidine rings is 1. The average molecular weight is 257 g/mol. The third-order valence-electron chi connectivity index (χ3n) is 3.25. The zero-order valence-corrected chi connectivity index (χ0v) is 10.4. The summed E-state index contributed by atoms with van der Waals surface area (Å²) < 4.78 is 0. The summed E-state index contributed by atoms with van der Waals surface area (Å²) in [5.74, 6) is 0.294. The highest BCUT2D eigenvalue weighted by molar-refractivity contribution is 7.99. The van der Waals surface area contributed by atoms with Gasteiger partial charge in [-0.1, -0.05) is 0 Å². The van der Waals surface area contributed by atoms with Crippen LogP contribution in [0.2, 0.25) is 0 Å². The predicted octanol–water partition coefficient (Wildman–Crippen LogP) is -0.450. The van der Waals surface area contributed by atoms with Gasteiger partial charge in [-0.15, -0.1) is 0 Å². The number of nitrogens with one attached hydrogen (secondary N) is 2. The van der Waals surface area contributed by atoms with E-state index < -0.39 is 11.6 Å². The van der Waals surface area contributed by atoms with Crippen LogP contribution in [0.4, 0.5) is 4.79 Å². The molecule has 0 atom stereocenters. The third kappa shape index (κ3) is 2.24. The first-order valence-electron chi connectivity index (χ1n) is 5.48. The Morgan fingerprint density at radius 1 is 1.41 bits per heavy atom. The van der Waals surface area contributed by atoms with Crippen molar-refractivity contribution in [3.8, 4) is 0 Å². The maximum atomic E-state index is 11.7. The molecule has 2 heterocycles. The van der Waals surface area contributed by atoms with Crippen molar-refractivity contribution in [3.05, 3.63) is 0 Å². The predicted molar refractivity (Wildman–Crippen MR) is 63.6 cm³/mol. The smallest absolute Gasteiger partial charge is 0.322 e. The number of thioether (sulfide) groups is 1. The summed E-state index contributed by atoms with van der Waals surface area (Å²) in [7, 11) is 0. The molecule has 2 aliphatic heterocycles. The maximum Gasteiger partial charge on any atom is 0.322 e. The highest BCUT2D eigenvalue weighted by Crippen LogP contribution is 2.25. The van der Waals surface area contributed by atoms with Gasteiger partial charge in [-0.3, -0.25) is 14.9 Å². The average Bonchev–Trinajstić information content (AvgIpc) is 2.55. The van der Waals surface area contributed by atoms with Gasteiger partial charge in [0.25, 0.3) is 5.91 Å². The maximum absolute atomic E-state index is 11.7. The molecule has 2 aliphatic rings. The van der Waals surface area contributed by atoms with Crippen LogP contribution >= 0.6 is 11.8 Å². The van der Waals surface area contributed by atoms with Gasteiger partial charge in [0, 0.05) is 13.1 Å². The van der Waals surface area contributed by atoms with Crippen molar-refractivity contribution in [1.29, 1.82) is 0 Å². The Bertz CT molecular complexity index is 364. The Morgan fingerprint density at radius 3 is 2.53 bits per heavy atom. The Balaban J connectivity index is 1.96. The quantitative estimate of drug-likeness (QED) is 0.657. The highest BCUT2D eigenvalue weighted by atomic mass is 32.2. The summed E-state index contributed by atoms with van der Waals surface area (Å²) in [5, 5.41) is 4.92. The minimum Gasteiger partial charge on any atom is -0.342 e. The number of hydrogen-bond donors (Lipinski definition) is 2. The van der Waals surface area contributed by atoms with E-state index in [1.165, 1.54) is 11.8 Å². The van der Waals surface area contributed by atoms with E-state index in [1.807, 2.05) is 6.26 Å². The molecule has 94 valence electrons. The van der Waals surface area contributed by atoms with Crippen LogP contribution in [-0.2, 0) is 9.59 Å². The van der Waals surface area contributed by atoms with Crippen LogP contribution in [0.1, 0.15) is 12.8 Å². The Labute approximate surface area is 103 Å². The van der Waals surface area contributed by atoms with E-state index in [1.54, 1.807) is 4.90 Å². The number of carbonyl (C=O) groups excluding carboxylic acids is 3. The minimum absolute atomic E-state index is 0.0945. The van der Waals surface area contributed by atoms with Gasteiger partial charge >= 0.3 is 6.03 Å². The standard InChI is InChI=1S/C10H15N3O3S/c1-17-6-7(14)13-4-2-10(3-5-13)8(15)11-9(16)12-10/h2-6H2,1H3,(H2,11,12,15,16). The summed E-state index contributed by atoms with van der Waals surface area (Å²) in [6, 6.07) is -0.432. The molecule has 4 amide bonds. The topological polar surface area (TPSA) is 78.5 Å². The van der Waals surface area contributed by atoms with Crippen molar-refractivity contribution in [2.24, 2.45) is 0 Å². The number of urea groups is 1. The van der Waals surface area contributed by atoms with E-state index in [9.17, 15) is 14.4 Å². The monoisotopic (exact) mass is 257 g/mol. The first-order chi connectivity index (χ1) is 8.07. The first-order valence-corrected chi connectivity index (χ1v) is 6.87. The number of rotatable bonds is 2. The second-order valence-corrected chi connectivity index (χ2v) is 5.17. The molecular weight excluding hydrogens is 242 g/mol. The van der Waals surface area contributed by atoms with Crippen LogP contribution in [0.25, 0.3) is 0 Å². The molecular formula is C10H15N3O3S. The van der Waals surface area contributed by atoms with Crippen LogP contribution in [0, 0.1) is 0 Å². The first kappa shape index (κ1) is 12.2. The third-order valence-corrected chi connectivity index (χ3v) is 3.79. The lowest BCUT2D eigenvalue weighted by molar-refractivity contribution is -0.133. The van der Waals surface area contributed by atoms with Gasteiger partial charge in [0.05, 0.1) is 5.75 Å². The molecule has 1 spiro atoms.